The highest BCUT2D eigenvalue weighted by Gasteiger charge is 2.52. The zero-order chi connectivity index (χ0) is 31.6. The van der Waals surface area contributed by atoms with E-state index in [9.17, 15) is 61.2 Å². The smallest absolute Gasteiger partial charge is 0.269 e. The summed E-state index contributed by atoms with van der Waals surface area (Å²) < 4.78 is 32.7. The molecule has 1 aromatic rings. The lowest BCUT2D eigenvalue weighted by Crippen LogP contribution is -2.65. The average Bonchev–Trinajstić information content (AvgIpc) is 3.00. The van der Waals surface area contributed by atoms with Gasteiger partial charge in [0.1, 0.15) is 79.0 Å². The predicted molar refractivity (Wildman–Crippen MR) is 133 cm³/mol. The summed E-state index contributed by atoms with van der Waals surface area (Å²) in [6.45, 7) is -2.17. The van der Waals surface area contributed by atoms with E-state index in [1.807, 2.05) is 0 Å². The second-order valence-electron chi connectivity index (χ2n) is 10.2. The van der Waals surface area contributed by atoms with Crippen molar-refractivity contribution in [3.8, 4) is 5.75 Å². The summed E-state index contributed by atoms with van der Waals surface area (Å²) in [5.41, 5.74) is -0.227. The molecule has 0 amide bonds. The highest BCUT2D eigenvalue weighted by Crippen LogP contribution is 2.31. The number of non-ortho nitro benzene ring substituents is 1. The Morgan fingerprint density at radius 2 is 1.16 bits per heavy atom. The topological polar surface area (TPSA) is 301 Å². The molecule has 0 radical (unpaired) electrons. The highest BCUT2D eigenvalue weighted by molar-refractivity contribution is 5.36. The quantitative estimate of drug-likeness (QED) is 0.0856. The minimum Gasteiger partial charge on any atom is -0.462 e. The first-order valence-electron chi connectivity index (χ1n) is 13.2. The number of hydrogen-bond acceptors (Lipinski definition) is 18. The van der Waals surface area contributed by atoms with Crippen molar-refractivity contribution in [2.24, 2.45) is 0 Å². The summed E-state index contributed by atoms with van der Waals surface area (Å²) in [6.07, 6.45) is -25.2. The Morgan fingerprint density at radius 3 is 1.74 bits per heavy atom. The fraction of sp³-hybridized carbons (Fsp3) is 0.750. The molecule has 4 rings (SSSR count). The Balaban J connectivity index is 1.40. The van der Waals surface area contributed by atoms with Crippen LogP contribution in [-0.2, 0) is 23.7 Å². The number of nitro groups is 1. The molecule has 43 heavy (non-hydrogen) atoms. The molecule has 3 aliphatic rings. The van der Waals surface area contributed by atoms with Gasteiger partial charge in [0.05, 0.1) is 24.7 Å². The van der Waals surface area contributed by atoms with Crippen molar-refractivity contribution in [1.82, 2.24) is 0 Å². The van der Waals surface area contributed by atoms with Crippen molar-refractivity contribution in [2.75, 3.05) is 19.8 Å². The summed E-state index contributed by atoms with van der Waals surface area (Å²) in [6, 6.07) is 4.72. The molecule has 15 atom stereocenters. The van der Waals surface area contributed by atoms with E-state index < -0.39 is 117 Å². The summed E-state index contributed by atoms with van der Waals surface area (Å²) in [5, 5.41) is 113. The second-order valence-corrected chi connectivity index (χ2v) is 10.2. The van der Waals surface area contributed by atoms with Gasteiger partial charge in [-0.3, -0.25) is 10.1 Å². The van der Waals surface area contributed by atoms with E-state index in [1.54, 1.807) is 0 Å². The molecular formula is C24H35NO18. The maximum atomic E-state index is 10.8. The van der Waals surface area contributed by atoms with Gasteiger partial charge in [-0.1, -0.05) is 0 Å². The number of aliphatic hydroxyl groups is 10. The van der Waals surface area contributed by atoms with Crippen LogP contribution >= 0.6 is 0 Å². The van der Waals surface area contributed by atoms with Crippen LogP contribution in [0.4, 0.5) is 5.69 Å². The van der Waals surface area contributed by atoms with Crippen LogP contribution < -0.4 is 4.74 Å². The van der Waals surface area contributed by atoms with Crippen LogP contribution in [0.15, 0.2) is 24.3 Å². The van der Waals surface area contributed by atoms with E-state index in [0.717, 1.165) is 12.1 Å². The van der Waals surface area contributed by atoms with Crippen LogP contribution in [0.2, 0.25) is 0 Å². The number of benzene rings is 1. The molecule has 0 aliphatic carbocycles. The molecule has 0 aromatic heterocycles. The molecule has 10 N–H and O–H groups in total. The summed E-state index contributed by atoms with van der Waals surface area (Å²) in [5.74, 6) is 0.0308. The van der Waals surface area contributed by atoms with Crippen LogP contribution in [0.25, 0.3) is 0 Å². The normalized spacial score (nSPS) is 43.7. The average molecular weight is 626 g/mol. The van der Waals surface area contributed by atoms with E-state index in [4.69, 9.17) is 28.4 Å². The molecule has 3 saturated heterocycles. The Bertz CT molecular complexity index is 1050. The van der Waals surface area contributed by atoms with Gasteiger partial charge in [0.2, 0.25) is 6.29 Å². The van der Waals surface area contributed by atoms with Crippen molar-refractivity contribution < 1.29 is 84.4 Å². The van der Waals surface area contributed by atoms with Crippen LogP contribution in [0.3, 0.4) is 0 Å². The summed E-state index contributed by atoms with van der Waals surface area (Å²) in [4.78, 5) is 10.2. The standard InChI is InChI=1S/C24H35NO18/c26-5-10-13(28)15(30)18(33)22(40-10)38-7-12-14(29)16(31)19(34)24(42-12)43-21-11(6-27)41-23(20(35)17(21)32)39-9-3-1-8(2-4-9)25(36)37/h1-4,10-24,26-35H,5-7H2/t10-,11-,12-,13+,14-,15+,16+,17-,18-,19-,20-,21-,22-,23-,24+/m1/s1. The maximum Gasteiger partial charge on any atom is 0.269 e. The Labute approximate surface area is 242 Å². The fourth-order valence-electron chi connectivity index (χ4n) is 4.81. The van der Waals surface area contributed by atoms with Gasteiger partial charge in [0.15, 0.2) is 12.6 Å². The summed E-state index contributed by atoms with van der Waals surface area (Å²) in [7, 11) is 0. The third-order valence-corrected chi connectivity index (χ3v) is 7.35. The lowest BCUT2D eigenvalue weighted by Gasteiger charge is -2.46. The maximum absolute atomic E-state index is 10.8. The van der Waals surface area contributed by atoms with Gasteiger partial charge >= 0.3 is 0 Å². The number of ether oxygens (including phenoxy) is 6. The minimum atomic E-state index is -1.92. The number of nitro benzene ring substituents is 1. The summed E-state index contributed by atoms with van der Waals surface area (Å²) >= 11 is 0. The molecule has 0 unspecified atom stereocenters. The highest BCUT2D eigenvalue weighted by atomic mass is 16.8. The zero-order valence-electron chi connectivity index (χ0n) is 22.3. The van der Waals surface area contributed by atoms with E-state index >= 15 is 0 Å². The van der Waals surface area contributed by atoms with Crippen molar-refractivity contribution >= 4 is 5.69 Å². The molecule has 19 heteroatoms. The molecule has 244 valence electrons. The number of rotatable bonds is 10. The van der Waals surface area contributed by atoms with E-state index in [1.165, 1.54) is 12.1 Å². The van der Waals surface area contributed by atoms with Crippen molar-refractivity contribution in [3.05, 3.63) is 34.4 Å². The molecule has 3 fully saturated rings. The Kier molecular flexibility index (Phi) is 11.2. The fourth-order valence-corrected chi connectivity index (χ4v) is 4.81. The zero-order valence-corrected chi connectivity index (χ0v) is 22.3. The van der Waals surface area contributed by atoms with Gasteiger partial charge < -0.3 is 79.5 Å². The van der Waals surface area contributed by atoms with E-state index in [2.05, 4.69) is 0 Å². The van der Waals surface area contributed by atoms with Crippen LogP contribution in [0.5, 0.6) is 5.75 Å². The Morgan fingerprint density at radius 1 is 0.651 bits per heavy atom. The van der Waals surface area contributed by atoms with Gasteiger partial charge in [0, 0.05) is 12.1 Å². The second kappa shape index (κ2) is 14.3. The van der Waals surface area contributed by atoms with Crippen molar-refractivity contribution in [3.63, 3.8) is 0 Å². The first kappa shape index (κ1) is 33.7. The van der Waals surface area contributed by atoms with Gasteiger partial charge in [-0.25, -0.2) is 0 Å². The van der Waals surface area contributed by atoms with E-state index in [0.29, 0.717) is 0 Å². The third-order valence-electron chi connectivity index (χ3n) is 7.35. The number of aliphatic hydroxyl groups excluding tert-OH is 10. The molecule has 0 bridgehead atoms. The molecule has 1 aromatic carbocycles. The molecule has 3 aliphatic heterocycles. The lowest BCUT2D eigenvalue weighted by atomic mass is 9.97. The molecule has 0 saturated carbocycles. The first-order valence-corrected chi connectivity index (χ1v) is 13.2. The largest absolute Gasteiger partial charge is 0.462 e. The van der Waals surface area contributed by atoms with Gasteiger partial charge in [-0.05, 0) is 12.1 Å². The van der Waals surface area contributed by atoms with Gasteiger partial charge in [0.25, 0.3) is 5.69 Å². The Hall–Kier alpha value is -2.18. The van der Waals surface area contributed by atoms with Crippen molar-refractivity contribution in [2.45, 2.75) is 92.1 Å². The van der Waals surface area contributed by atoms with Crippen molar-refractivity contribution in [1.29, 1.82) is 0 Å². The van der Waals surface area contributed by atoms with Crippen LogP contribution in [-0.4, -0.2) is 168 Å². The van der Waals surface area contributed by atoms with E-state index in [-0.39, 0.29) is 11.4 Å². The minimum absolute atomic E-state index is 0.0308. The van der Waals surface area contributed by atoms with Crippen LogP contribution in [0, 0.1) is 10.1 Å². The number of hydrogen-bond donors (Lipinski definition) is 10. The monoisotopic (exact) mass is 625 g/mol. The SMILES string of the molecule is O=[N+]([O-])c1ccc(O[C@@H]2O[C@H](CO)[C@@H](O[C@@H]3O[C@H](CO[C@@H]4O[C@H](CO)[C@H](O)[C@H](O)[C@H]4O)[C@@H](O)[C@H](O)[C@H]3O)[C@H](O)[C@H]2O)cc1. The molecular weight excluding hydrogens is 590 g/mol. The lowest BCUT2D eigenvalue weighted by molar-refractivity contribution is -0.384. The third kappa shape index (κ3) is 7.22. The molecule has 19 nitrogen and oxygen atoms in total. The predicted octanol–water partition coefficient (Wildman–Crippen LogP) is -5.58. The van der Waals surface area contributed by atoms with Crippen LogP contribution in [0.1, 0.15) is 0 Å². The number of nitrogens with zero attached hydrogens (tertiary/aromatic N) is 1. The first-order chi connectivity index (χ1) is 20.4. The van der Waals surface area contributed by atoms with Gasteiger partial charge in [-0.15, -0.1) is 0 Å². The molecule has 3 heterocycles. The van der Waals surface area contributed by atoms with Gasteiger partial charge in [-0.2, -0.15) is 0 Å². The molecule has 0 spiro atoms.